The molecule has 0 saturated heterocycles. The van der Waals surface area contributed by atoms with Gasteiger partial charge in [0.25, 0.3) is 0 Å². The van der Waals surface area contributed by atoms with E-state index in [1.54, 1.807) is 12.1 Å². The monoisotopic (exact) mass is 402 g/mol. The molecule has 0 amide bonds. The number of hydrogen-bond acceptors (Lipinski definition) is 3. The van der Waals surface area contributed by atoms with Crippen LogP contribution in [0.2, 0.25) is 10.3 Å². The predicted octanol–water partition coefficient (Wildman–Crippen LogP) is 6.08. The van der Waals surface area contributed by atoms with Crippen molar-refractivity contribution < 1.29 is 4.39 Å². The molecule has 7 heteroatoms. The number of benzene rings is 1. The minimum atomic E-state index is -0.370. The Hall–Kier alpha value is -1.01. The molecule has 2 heterocycles. The van der Waals surface area contributed by atoms with Crippen LogP contribution in [-0.2, 0) is 0 Å². The van der Waals surface area contributed by atoms with E-state index in [2.05, 4.69) is 25.9 Å². The Kier molecular flexibility index (Phi) is 4.26. The lowest BCUT2D eigenvalue weighted by Crippen LogP contribution is -1.93. The normalized spacial score (nSPS) is 10.9. The summed E-state index contributed by atoms with van der Waals surface area (Å²) in [6.07, 6.45) is 0. The highest BCUT2D eigenvalue weighted by Crippen LogP contribution is 2.36. The van der Waals surface area contributed by atoms with Gasteiger partial charge in [-0.3, -0.25) is 0 Å². The fourth-order valence-electron chi connectivity index (χ4n) is 1.83. The van der Waals surface area contributed by atoms with E-state index in [1.165, 1.54) is 23.5 Å². The lowest BCUT2D eigenvalue weighted by molar-refractivity contribution is 0.628. The van der Waals surface area contributed by atoms with E-state index in [9.17, 15) is 4.39 Å². The van der Waals surface area contributed by atoms with Crippen molar-refractivity contribution in [2.75, 3.05) is 0 Å². The molecule has 3 rings (SSSR count). The molecule has 2 nitrogen and oxygen atoms in total. The predicted molar refractivity (Wildman–Crippen MR) is 88.5 cm³/mol. The molecule has 2 aromatic heterocycles. The van der Waals surface area contributed by atoms with E-state index >= 15 is 0 Å². The summed E-state index contributed by atoms with van der Waals surface area (Å²) in [5.74, 6) is 0.0757. The number of aromatic nitrogens is 2. The van der Waals surface area contributed by atoms with Crippen molar-refractivity contribution in [3.8, 4) is 21.8 Å². The Morgan fingerprint density at radius 1 is 1.05 bits per heavy atom. The first-order valence-corrected chi connectivity index (χ1v) is 8.16. The molecule has 3 aromatic rings. The van der Waals surface area contributed by atoms with Crippen molar-refractivity contribution in [2.45, 2.75) is 0 Å². The topological polar surface area (TPSA) is 25.8 Å². The van der Waals surface area contributed by atoms with E-state index in [0.717, 1.165) is 8.66 Å². The molecule has 0 fully saturated rings. The largest absolute Gasteiger partial charge is 0.215 e. The van der Waals surface area contributed by atoms with Crippen LogP contribution in [-0.4, -0.2) is 9.97 Å². The van der Waals surface area contributed by atoms with Gasteiger partial charge in [0.05, 0.1) is 14.2 Å². The van der Waals surface area contributed by atoms with Gasteiger partial charge in [0.2, 0.25) is 0 Å². The number of nitrogens with zero attached hydrogens (tertiary/aromatic N) is 2. The van der Waals surface area contributed by atoms with Crippen LogP contribution < -0.4 is 0 Å². The van der Waals surface area contributed by atoms with Crippen LogP contribution in [0.5, 0.6) is 0 Å². The van der Waals surface area contributed by atoms with Gasteiger partial charge >= 0.3 is 0 Å². The first-order chi connectivity index (χ1) is 10.0. The van der Waals surface area contributed by atoms with Gasteiger partial charge < -0.3 is 0 Å². The summed E-state index contributed by atoms with van der Waals surface area (Å²) in [5.41, 5.74) is 0.973. The van der Waals surface area contributed by atoms with Crippen molar-refractivity contribution in [3.05, 3.63) is 56.3 Å². The van der Waals surface area contributed by atoms with Crippen LogP contribution in [0.25, 0.3) is 21.8 Å². The Morgan fingerprint density at radius 3 is 2.33 bits per heavy atom. The molecular weight excluding hydrogens is 398 g/mol. The molecule has 0 N–H and O–H groups in total. The van der Waals surface area contributed by atoms with E-state index in [1.807, 2.05) is 12.1 Å². The van der Waals surface area contributed by atoms with Gasteiger partial charge in [-0.05, 0) is 45.8 Å². The summed E-state index contributed by atoms with van der Waals surface area (Å²) in [7, 11) is 0. The molecule has 0 aliphatic rings. The summed E-state index contributed by atoms with van der Waals surface area (Å²) in [5, 5.41) is 0.389. The molecule has 0 aliphatic carbocycles. The maximum atomic E-state index is 13.3. The second-order valence-electron chi connectivity index (χ2n) is 4.12. The molecule has 0 bridgehead atoms. The SMILES string of the molecule is Fc1cccc(-c2c(Cl)nc(-c3ccc(Br)s3)nc2Cl)c1. The Balaban J connectivity index is 2.12. The van der Waals surface area contributed by atoms with Gasteiger partial charge in [0.15, 0.2) is 5.82 Å². The van der Waals surface area contributed by atoms with Crippen molar-refractivity contribution in [2.24, 2.45) is 0 Å². The molecule has 0 unspecified atom stereocenters. The molecule has 0 aliphatic heterocycles. The molecule has 0 spiro atoms. The van der Waals surface area contributed by atoms with Crippen LogP contribution in [0, 0.1) is 5.82 Å². The number of thiophene rings is 1. The first-order valence-electron chi connectivity index (χ1n) is 5.79. The van der Waals surface area contributed by atoms with Crippen LogP contribution in [0.1, 0.15) is 0 Å². The highest BCUT2D eigenvalue weighted by Gasteiger charge is 2.16. The minimum absolute atomic E-state index is 0.195. The van der Waals surface area contributed by atoms with E-state index in [0.29, 0.717) is 17.0 Å². The molecular formula is C14H6BrCl2FN2S. The van der Waals surface area contributed by atoms with E-state index in [-0.39, 0.29) is 16.1 Å². The third-order valence-electron chi connectivity index (χ3n) is 2.73. The average molecular weight is 404 g/mol. The van der Waals surface area contributed by atoms with E-state index in [4.69, 9.17) is 23.2 Å². The summed E-state index contributed by atoms with van der Waals surface area (Å²) in [6.45, 7) is 0. The Bertz CT molecular complexity index is 799. The van der Waals surface area contributed by atoms with Crippen LogP contribution in [0.15, 0.2) is 40.2 Å². The fourth-order valence-corrected chi connectivity index (χ4v) is 3.76. The average Bonchev–Trinajstić information content (AvgIpc) is 2.85. The van der Waals surface area contributed by atoms with Gasteiger partial charge in [0.1, 0.15) is 16.1 Å². The summed E-state index contributed by atoms with van der Waals surface area (Å²) < 4.78 is 14.3. The van der Waals surface area contributed by atoms with Gasteiger partial charge in [-0.25, -0.2) is 14.4 Å². The maximum Gasteiger partial charge on any atom is 0.172 e. The molecule has 1 aromatic carbocycles. The third-order valence-corrected chi connectivity index (χ3v) is 4.89. The second-order valence-corrected chi connectivity index (χ2v) is 7.30. The number of hydrogen-bond donors (Lipinski definition) is 0. The van der Waals surface area contributed by atoms with Crippen molar-refractivity contribution in [1.82, 2.24) is 9.97 Å². The van der Waals surface area contributed by atoms with Crippen molar-refractivity contribution >= 4 is 50.5 Å². The van der Waals surface area contributed by atoms with Gasteiger partial charge in [-0.1, -0.05) is 35.3 Å². The minimum Gasteiger partial charge on any atom is -0.215 e. The van der Waals surface area contributed by atoms with Gasteiger partial charge in [0, 0.05) is 0 Å². The summed E-state index contributed by atoms with van der Waals surface area (Å²) in [6, 6.07) is 9.76. The lowest BCUT2D eigenvalue weighted by Gasteiger charge is -2.08. The Labute approximate surface area is 142 Å². The Morgan fingerprint density at radius 2 is 1.76 bits per heavy atom. The third kappa shape index (κ3) is 3.11. The number of halogens is 4. The fraction of sp³-hybridized carbons (Fsp3) is 0. The van der Waals surface area contributed by atoms with Crippen LogP contribution in [0.3, 0.4) is 0 Å². The van der Waals surface area contributed by atoms with Crippen molar-refractivity contribution in [3.63, 3.8) is 0 Å². The van der Waals surface area contributed by atoms with Gasteiger partial charge in [-0.15, -0.1) is 11.3 Å². The molecule has 0 atom stereocenters. The zero-order valence-corrected chi connectivity index (χ0v) is 14.2. The number of rotatable bonds is 2. The van der Waals surface area contributed by atoms with E-state index < -0.39 is 0 Å². The van der Waals surface area contributed by atoms with Crippen LogP contribution in [0.4, 0.5) is 4.39 Å². The lowest BCUT2D eigenvalue weighted by atomic mass is 10.1. The quantitative estimate of drug-likeness (QED) is 0.484. The van der Waals surface area contributed by atoms with Crippen LogP contribution >= 0.6 is 50.5 Å². The van der Waals surface area contributed by atoms with Crippen molar-refractivity contribution in [1.29, 1.82) is 0 Å². The summed E-state index contributed by atoms with van der Waals surface area (Å²) in [4.78, 5) is 9.37. The van der Waals surface area contributed by atoms with Gasteiger partial charge in [-0.2, -0.15) is 0 Å². The molecule has 21 heavy (non-hydrogen) atoms. The maximum absolute atomic E-state index is 13.3. The standard InChI is InChI=1S/C14H6BrCl2FN2S/c15-10-5-4-9(21-10)14-19-12(16)11(13(17)20-14)7-2-1-3-8(18)6-7/h1-6H. The summed E-state index contributed by atoms with van der Waals surface area (Å²) >= 11 is 17.3. The molecule has 0 radical (unpaired) electrons. The highest BCUT2D eigenvalue weighted by atomic mass is 79.9. The molecule has 0 saturated carbocycles. The first kappa shape index (κ1) is 14.9. The molecule has 106 valence electrons. The highest BCUT2D eigenvalue weighted by molar-refractivity contribution is 9.11. The second kappa shape index (κ2) is 6.01. The zero-order chi connectivity index (χ0) is 15.0. The smallest absolute Gasteiger partial charge is 0.172 e. The zero-order valence-electron chi connectivity index (χ0n) is 10.3.